The molecular weight excluding hydrogens is 817 g/mol. The lowest BCUT2D eigenvalue weighted by molar-refractivity contribution is -0.162. The van der Waals surface area contributed by atoms with Crippen molar-refractivity contribution in [3.63, 3.8) is 0 Å². The summed E-state index contributed by atoms with van der Waals surface area (Å²) in [5, 5.41) is 0. The average molecular weight is 928 g/mol. The van der Waals surface area contributed by atoms with E-state index < -0.39 is 5.41 Å². The summed E-state index contributed by atoms with van der Waals surface area (Å²) in [6.07, 6.45) is 63.0. The Morgan fingerprint density at radius 2 is 0.485 bits per heavy atom. The van der Waals surface area contributed by atoms with Crippen molar-refractivity contribution in [1.82, 2.24) is 0 Å². The summed E-state index contributed by atoms with van der Waals surface area (Å²) in [4.78, 5) is 38.7. The second-order valence-corrected chi connectivity index (χ2v) is 19.8. The van der Waals surface area contributed by atoms with Gasteiger partial charge in [0.1, 0.15) is 19.8 Å². The van der Waals surface area contributed by atoms with E-state index >= 15 is 0 Å². The Bertz CT molecular complexity index is 1000. The highest BCUT2D eigenvalue weighted by atomic mass is 16.6. The minimum absolute atomic E-state index is 0.0782. The third-order valence-electron chi connectivity index (χ3n) is 13.3. The molecule has 386 valence electrons. The number of carbonyl (C=O) groups is 3. The minimum Gasteiger partial charge on any atom is -0.465 e. The predicted octanol–water partition coefficient (Wildman–Crippen LogP) is 19.1. The van der Waals surface area contributed by atoms with Crippen molar-refractivity contribution >= 4 is 17.9 Å². The number of unbranched alkanes of at least 4 members (excludes halogenated alkanes) is 33. The lowest BCUT2D eigenvalue weighted by Crippen LogP contribution is -2.39. The zero-order valence-corrected chi connectivity index (χ0v) is 44.4. The zero-order chi connectivity index (χ0) is 48.1. The molecule has 0 heterocycles. The molecule has 66 heavy (non-hydrogen) atoms. The van der Waals surface area contributed by atoms with Crippen LogP contribution in [0.2, 0.25) is 0 Å². The first-order valence-electron chi connectivity index (χ1n) is 28.8. The maximum atomic E-state index is 12.9. The molecule has 0 fully saturated rings. The second kappa shape index (κ2) is 52.0. The molecule has 0 aliphatic heterocycles. The van der Waals surface area contributed by atoms with Crippen molar-refractivity contribution in [3.05, 3.63) is 36.5 Å². The third kappa shape index (κ3) is 46.7. The number of hydrogen-bond acceptors (Lipinski definition) is 6. The fraction of sp³-hybridized carbons (Fsp3) is 0.850. The molecule has 0 aromatic heterocycles. The summed E-state index contributed by atoms with van der Waals surface area (Å²) >= 11 is 0. The SMILES string of the molecule is CCCCCCCC/C=C/CCCCCCCC(=O)OCC(CC)(COC(=O)CCCCCCC/C=C/CCCCCCCC)COC(=O)CCCCCCC/C=C/CCCCCCCC. The summed E-state index contributed by atoms with van der Waals surface area (Å²) in [5.74, 6) is -0.695. The Morgan fingerprint density at radius 1 is 0.288 bits per heavy atom. The van der Waals surface area contributed by atoms with E-state index in [9.17, 15) is 14.4 Å². The van der Waals surface area contributed by atoms with E-state index in [-0.39, 0.29) is 37.7 Å². The number of hydrogen-bond donors (Lipinski definition) is 0. The molecule has 0 unspecified atom stereocenters. The van der Waals surface area contributed by atoms with Crippen molar-refractivity contribution in [2.75, 3.05) is 19.8 Å². The molecule has 0 atom stereocenters. The molecule has 0 amide bonds. The molecule has 0 aliphatic carbocycles. The molecule has 0 saturated heterocycles. The highest BCUT2D eigenvalue weighted by Gasteiger charge is 2.34. The molecule has 6 nitrogen and oxygen atoms in total. The molecule has 0 radical (unpaired) electrons. The zero-order valence-electron chi connectivity index (χ0n) is 44.4. The summed E-state index contributed by atoms with van der Waals surface area (Å²) in [6.45, 7) is 9.02. The highest BCUT2D eigenvalue weighted by molar-refractivity contribution is 5.70. The fourth-order valence-electron chi connectivity index (χ4n) is 8.37. The Labute approximate surface area is 410 Å². The molecule has 0 aromatic rings. The van der Waals surface area contributed by atoms with Gasteiger partial charge in [0.05, 0.1) is 5.41 Å². The molecule has 0 bridgehead atoms. The van der Waals surface area contributed by atoms with Crippen molar-refractivity contribution in [2.24, 2.45) is 5.41 Å². The van der Waals surface area contributed by atoms with Gasteiger partial charge >= 0.3 is 17.9 Å². The van der Waals surface area contributed by atoms with Gasteiger partial charge in [-0.3, -0.25) is 14.4 Å². The van der Waals surface area contributed by atoms with E-state index in [0.717, 1.165) is 77.0 Å². The van der Waals surface area contributed by atoms with Gasteiger partial charge in [-0.05, 0) is 103 Å². The van der Waals surface area contributed by atoms with Gasteiger partial charge in [-0.25, -0.2) is 0 Å². The van der Waals surface area contributed by atoms with Crippen LogP contribution >= 0.6 is 0 Å². The van der Waals surface area contributed by atoms with Crippen LogP contribution in [0.25, 0.3) is 0 Å². The number of esters is 3. The summed E-state index contributed by atoms with van der Waals surface area (Å²) in [6, 6.07) is 0. The van der Waals surface area contributed by atoms with E-state index in [1.54, 1.807) is 0 Å². The van der Waals surface area contributed by atoms with E-state index in [0.29, 0.717) is 25.7 Å². The third-order valence-corrected chi connectivity index (χ3v) is 13.3. The van der Waals surface area contributed by atoms with Crippen LogP contribution in [0.3, 0.4) is 0 Å². The smallest absolute Gasteiger partial charge is 0.305 e. The lowest BCUT2D eigenvalue weighted by Gasteiger charge is -2.31. The normalized spacial score (nSPS) is 12.0. The predicted molar refractivity (Wildman–Crippen MR) is 284 cm³/mol. The molecular formula is C60H110O6. The molecule has 0 saturated carbocycles. The van der Waals surface area contributed by atoms with Crippen LogP contribution in [0.15, 0.2) is 36.5 Å². The quantitative estimate of drug-likeness (QED) is 0.0262. The molecule has 6 heteroatoms. The van der Waals surface area contributed by atoms with Crippen LogP contribution in [0.4, 0.5) is 0 Å². The van der Waals surface area contributed by atoms with Crippen LogP contribution in [0, 0.1) is 5.41 Å². The van der Waals surface area contributed by atoms with E-state index in [4.69, 9.17) is 14.2 Å². The van der Waals surface area contributed by atoms with Gasteiger partial charge in [-0.1, -0.05) is 218 Å². The Morgan fingerprint density at radius 3 is 0.697 bits per heavy atom. The van der Waals surface area contributed by atoms with Gasteiger partial charge in [-0.2, -0.15) is 0 Å². The van der Waals surface area contributed by atoms with Crippen LogP contribution in [-0.4, -0.2) is 37.7 Å². The first-order chi connectivity index (χ1) is 32.4. The number of rotatable bonds is 52. The second-order valence-electron chi connectivity index (χ2n) is 19.8. The van der Waals surface area contributed by atoms with Crippen LogP contribution in [0.5, 0.6) is 0 Å². The minimum atomic E-state index is -0.755. The van der Waals surface area contributed by atoms with Gasteiger partial charge in [0.2, 0.25) is 0 Å². The van der Waals surface area contributed by atoms with E-state index in [1.165, 1.54) is 173 Å². The summed E-state index contributed by atoms with van der Waals surface area (Å²) in [5.41, 5.74) is -0.755. The summed E-state index contributed by atoms with van der Waals surface area (Å²) in [7, 11) is 0. The Hall–Kier alpha value is -2.37. The van der Waals surface area contributed by atoms with Crippen LogP contribution in [-0.2, 0) is 28.6 Å². The van der Waals surface area contributed by atoms with Gasteiger partial charge in [0.15, 0.2) is 0 Å². The monoisotopic (exact) mass is 927 g/mol. The first kappa shape index (κ1) is 63.6. The van der Waals surface area contributed by atoms with Crippen LogP contribution < -0.4 is 0 Å². The summed E-state index contributed by atoms with van der Waals surface area (Å²) < 4.78 is 17.5. The lowest BCUT2D eigenvalue weighted by atomic mass is 9.88. The van der Waals surface area contributed by atoms with Gasteiger partial charge in [-0.15, -0.1) is 0 Å². The molecule has 0 spiro atoms. The number of ether oxygens (including phenoxy) is 3. The van der Waals surface area contributed by atoms with Crippen molar-refractivity contribution < 1.29 is 28.6 Å². The van der Waals surface area contributed by atoms with Crippen LogP contribution in [0.1, 0.15) is 304 Å². The van der Waals surface area contributed by atoms with Gasteiger partial charge in [0.25, 0.3) is 0 Å². The van der Waals surface area contributed by atoms with E-state index in [1.807, 2.05) is 6.92 Å². The Balaban J connectivity index is 4.62. The van der Waals surface area contributed by atoms with Gasteiger partial charge < -0.3 is 14.2 Å². The van der Waals surface area contributed by atoms with Crippen molar-refractivity contribution in [3.8, 4) is 0 Å². The topological polar surface area (TPSA) is 78.9 Å². The maximum absolute atomic E-state index is 12.9. The highest BCUT2D eigenvalue weighted by Crippen LogP contribution is 2.26. The number of carbonyl (C=O) groups excluding carboxylic acids is 3. The number of allylic oxidation sites excluding steroid dienone is 6. The Kier molecular flexibility index (Phi) is 50.1. The average Bonchev–Trinajstić information content (AvgIpc) is 3.32. The van der Waals surface area contributed by atoms with Crippen molar-refractivity contribution in [1.29, 1.82) is 0 Å². The molecule has 0 rings (SSSR count). The van der Waals surface area contributed by atoms with Crippen molar-refractivity contribution in [2.45, 2.75) is 304 Å². The molecule has 0 N–H and O–H groups in total. The molecule has 0 aliphatic rings. The largest absolute Gasteiger partial charge is 0.465 e. The first-order valence-corrected chi connectivity index (χ1v) is 28.8. The van der Waals surface area contributed by atoms with E-state index in [2.05, 4.69) is 57.2 Å². The standard InChI is InChI=1S/C60H110O6/c1-5-9-12-15-18-21-24-27-30-33-36-39-42-45-48-51-57(61)64-54-60(8-4,55-65-58(62)52-49-46-43-40-37-34-31-28-25-22-19-16-13-10-6-2)56-66-59(63)53-50-47-44-41-38-35-32-29-26-23-20-17-14-11-7-3/h27-32H,5-26,33-56H2,1-4H3/b30-27+,31-28+,32-29+. The molecule has 0 aromatic carbocycles. The fourth-order valence-corrected chi connectivity index (χ4v) is 8.37. The maximum Gasteiger partial charge on any atom is 0.305 e. The van der Waals surface area contributed by atoms with Gasteiger partial charge in [0, 0.05) is 19.3 Å².